The van der Waals surface area contributed by atoms with Crippen molar-refractivity contribution in [2.75, 3.05) is 32.1 Å². The number of rotatable bonds is 4. The average molecular weight is 340 g/mol. The van der Waals surface area contributed by atoms with Crippen molar-refractivity contribution >= 4 is 21.7 Å². The van der Waals surface area contributed by atoms with E-state index in [-0.39, 0.29) is 17.4 Å². The SMILES string of the molecule is CN(C)S(=O)(=O)c1ccc2c(c1)CCN2CC(=O)OC(C)(C)C. The van der Waals surface area contributed by atoms with Crippen molar-refractivity contribution in [3.05, 3.63) is 23.8 Å². The van der Waals surface area contributed by atoms with Gasteiger partial charge in [0.15, 0.2) is 0 Å². The fraction of sp³-hybridized carbons (Fsp3) is 0.562. The summed E-state index contributed by atoms with van der Waals surface area (Å²) in [6.45, 7) is 6.35. The summed E-state index contributed by atoms with van der Waals surface area (Å²) < 4.78 is 30.9. The third-order valence-corrected chi connectivity index (χ3v) is 5.37. The highest BCUT2D eigenvalue weighted by molar-refractivity contribution is 7.89. The molecular formula is C16H24N2O4S. The highest BCUT2D eigenvalue weighted by atomic mass is 32.2. The number of anilines is 1. The monoisotopic (exact) mass is 340 g/mol. The van der Waals surface area contributed by atoms with Gasteiger partial charge in [0, 0.05) is 26.3 Å². The third-order valence-electron chi connectivity index (χ3n) is 3.56. The van der Waals surface area contributed by atoms with E-state index in [9.17, 15) is 13.2 Å². The molecule has 1 aliphatic heterocycles. The first-order valence-corrected chi connectivity index (χ1v) is 8.97. The highest BCUT2D eigenvalue weighted by Crippen LogP contribution is 2.30. The summed E-state index contributed by atoms with van der Waals surface area (Å²) >= 11 is 0. The summed E-state index contributed by atoms with van der Waals surface area (Å²) in [5.41, 5.74) is 1.33. The smallest absolute Gasteiger partial charge is 0.326 e. The molecule has 0 N–H and O–H groups in total. The van der Waals surface area contributed by atoms with E-state index < -0.39 is 15.6 Å². The van der Waals surface area contributed by atoms with E-state index in [0.717, 1.165) is 17.7 Å². The number of carbonyl (C=O) groups is 1. The normalized spacial score (nSPS) is 15.0. The molecule has 1 aliphatic rings. The molecule has 23 heavy (non-hydrogen) atoms. The van der Waals surface area contributed by atoms with Crippen LogP contribution in [0.3, 0.4) is 0 Å². The number of ether oxygens (including phenoxy) is 1. The lowest BCUT2D eigenvalue weighted by molar-refractivity contribution is -0.152. The van der Waals surface area contributed by atoms with Gasteiger partial charge in [-0.3, -0.25) is 4.79 Å². The molecule has 6 nitrogen and oxygen atoms in total. The predicted molar refractivity (Wildman–Crippen MR) is 89.1 cm³/mol. The van der Waals surface area contributed by atoms with Crippen molar-refractivity contribution in [3.8, 4) is 0 Å². The minimum atomic E-state index is -3.44. The van der Waals surface area contributed by atoms with Gasteiger partial charge in [-0.25, -0.2) is 12.7 Å². The standard InChI is InChI=1S/C16H24N2O4S/c1-16(2,3)22-15(19)11-18-9-8-12-10-13(6-7-14(12)18)23(20,21)17(4)5/h6-7,10H,8-9,11H2,1-5H3. The molecular weight excluding hydrogens is 316 g/mol. The van der Waals surface area contributed by atoms with Crippen molar-refractivity contribution in [2.45, 2.75) is 37.7 Å². The number of hydrogen-bond acceptors (Lipinski definition) is 5. The predicted octanol–water partition coefficient (Wildman–Crippen LogP) is 1.64. The molecule has 0 aromatic heterocycles. The van der Waals surface area contributed by atoms with Crippen LogP contribution in [0, 0.1) is 0 Å². The minimum absolute atomic E-state index is 0.171. The van der Waals surface area contributed by atoms with Crippen LogP contribution in [0.25, 0.3) is 0 Å². The number of nitrogens with zero attached hydrogens (tertiary/aromatic N) is 2. The Morgan fingerprint density at radius 1 is 1.30 bits per heavy atom. The van der Waals surface area contributed by atoms with E-state index in [1.165, 1.54) is 18.4 Å². The van der Waals surface area contributed by atoms with Gasteiger partial charge in [0.05, 0.1) is 4.90 Å². The second kappa shape index (κ2) is 6.13. The molecule has 0 bridgehead atoms. The van der Waals surface area contributed by atoms with E-state index in [4.69, 9.17) is 4.74 Å². The molecule has 1 aromatic carbocycles. The highest BCUT2D eigenvalue weighted by Gasteiger charge is 2.26. The molecule has 0 fully saturated rings. The Morgan fingerprint density at radius 2 is 1.96 bits per heavy atom. The molecule has 1 heterocycles. The van der Waals surface area contributed by atoms with Crippen LogP contribution in [0.4, 0.5) is 5.69 Å². The van der Waals surface area contributed by atoms with Crippen LogP contribution in [0.5, 0.6) is 0 Å². The summed E-state index contributed by atoms with van der Waals surface area (Å²) in [5.74, 6) is -0.282. The molecule has 128 valence electrons. The average Bonchev–Trinajstić information content (AvgIpc) is 2.78. The fourth-order valence-electron chi connectivity index (χ4n) is 2.51. The Balaban J connectivity index is 2.18. The van der Waals surface area contributed by atoms with Crippen molar-refractivity contribution in [1.29, 1.82) is 0 Å². The molecule has 2 rings (SSSR count). The van der Waals surface area contributed by atoms with E-state index in [0.29, 0.717) is 6.54 Å². The second-order valence-electron chi connectivity index (χ2n) is 6.84. The van der Waals surface area contributed by atoms with Crippen LogP contribution in [-0.2, 0) is 26.0 Å². The van der Waals surface area contributed by atoms with Gasteiger partial charge in [-0.05, 0) is 51.0 Å². The van der Waals surface area contributed by atoms with E-state index in [1.54, 1.807) is 18.2 Å². The summed E-state index contributed by atoms with van der Waals surface area (Å²) in [5, 5.41) is 0. The third kappa shape index (κ3) is 4.03. The fourth-order valence-corrected chi connectivity index (χ4v) is 3.46. The van der Waals surface area contributed by atoms with Crippen LogP contribution >= 0.6 is 0 Å². The molecule has 1 aromatic rings. The molecule has 0 radical (unpaired) electrons. The van der Waals surface area contributed by atoms with Crippen molar-refractivity contribution in [3.63, 3.8) is 0 Å². The Bertz CT molecular complexity index is 705. The molecule has 0 atom stereocenters. The summed E-state index contributed by atoms with van der Waals surface area (Å²) in [6.07, 6.45) is 0.717. The van der Waals surface area contributed by atoms with Gasteiger partial charge < -0.3 is 9.64 Å². The number of hydrogen-bond donors (Lipinski definition) is 0. The van der Waals surface area contributed by atoms with Gasteiger partial charge in [-0.1, -0.05) is 0 Å². The minimum Gasteiger partial charge on any atom is -0.459 e. The molecule has 0 saturated heterocycles. The Labute approximate surface area is 138 Å². The lowest BCUT2D eigenvalue weighted by Gasteiger charge is -2.23. The number of sulfonamides is 1. The van der Waals surface area contributed by atoms with E-state index >= 15 is 0 Å². The summed E-state index contributed by atoms with van der Waals surface area (Å²) in [7, 11) is -0.417. The molecule has 0 unspecified atom stereocenters. The van der Waals surface area contributed by atoms with Crippen LogP contribution in [0.2, 0.25) is 0 Å². The van der Waals surface area contributed by atoms with Gasteiger partial charge in [0.1, 0.15) is 12.1 Å². The zero-order valence-corrected chi connectivity index (χ0v) is 15.1. The van der Waals surface area contributed by atoms with E-state index in [1.807, 2.05) is 25.7 Å². The first-order chi connectivity index (χ1) is 10.5. The zero-order valence-electron chi connectivity index (χ0n) is 14.3. The maximum absolute atomic E-state index is 12.2. The van der Waals surface area contributed by atoms with Crippen molar-refractivity contribution < 1.29 is 17.9 Å². The van der Waals surface area contributed by atoms with Crippen molar-refractivity contribution in [1.82, 2.24) is 4.31 Å². The summed E-state index contributed by atoms with van der Waals surface area (Å²) in [6, 6.07) is 5.05. The largest absolute Gasteiger partial charge is 0.459 e. The van der Waals surface area contributed by atoms with Crippen molar-refractivity contribution in [2.24, 2.45) is 0 Å². The number of benzene rings is 1. The quantitative estimate of drug-likeness (QED) is 0.780. The van der Waals surface area contributed by atoms with Crippen LogP contribution < -0.4 is 4.90 Å². The van der Waals surface area contributed by atoms with Gasteiger partial charge in [0.25, 0.3) is 0 Å². The number of carbonyl (C=O) groups excluding carboxylic acids is 1. The molecule has 0 spiro atoms. The van der Waals surface area contributed by atoms with E-state index in [2.05, 4.69) is 0 Å². The Hall–Kier alpha value is -1.60. The zero-order chi connectivity index (χ0) is 17.4. The topological polar surface area (TPSA) is 66.9 Å². The summed E-state index contributed by atoms with van der Waals surface area (Å²) in [4.78, 5) is 14.2. The van der Waals surface area contributed by atoms with Gasteiger partial charge in [-0.2, -0.15) is 0 Å². The number of fused-ring (bicyclic) bond motifs is 1. The lowest BCUT2D eigenvalue weighted by atomic mass is 10.2. The lowest BCUT2D eigenvalue weighted by Crippen LogP contribution is -2.34. The van der Waals surface area contributed by atoms with Gasteiger partial charge >= 0.3 is 5.97 Å². The van der Waals surface area contributed by atoms with Gasteiger partial charge in [-0.15, -0.1) is 0 Å². The number of esters is 1. The van der Waals surface area contributed by atoms with Crippen LogP contribution in [0.1, 0.15) is 26.3 Å². The molecule has 0 aliphatic carbocycles. The Morgan fingerprint density at radius 3 is 2.52 bits per heavy atom. The Kier molecular flexibility index (Phi) is 4.73. The molecule has 0 saturated carbocycles. The molecule has 0 amide bonds. The maximum atomic E-state index is 12.2. The van der Waals surface area contributed by atoms with Crippen LogP contribution in [0.15, 0.2) is 23.1 Å². The van der Waals surface area contributed by atoms with Crippen LogP contribution in [-0.4, -0.2) is 51.5 Å². The molecule has 7 heteroatoms. The second-order valence-corrected chi connectivity index (χ2v) is 8.99. The van der Waals surface area contributed by atoms with Gasteiger partial charge in [0.2, 0.25) is 10.0 Å². The first kappa shape index (κ1) is 17.7. The maximum Gasteiger partial charge on any atom is 0.326 e. The first-order valence-electron chi connectivity index (χ1n) is 7.53.